The van der Waals surface area contributed by atoms with E-state index >= 15 is 0 Å². The summed E-state index contributed by atoms with van der Waals surface area (Å²) in [6.45, 7) is 8.56. The van der Waals surface area contributed by atoms with E-state index in [1.165, 1.54) is 0 Å². The Bertz CT molecular complexity index is 712. The van der Waals surface area contributed by atoms with Crippen LogP contribution >= 0.6 is 0 Å². The van der Waals surface area contributed by atoms with Crippen molar-refractivity contribution in [3.05, 3.63) is 53.9 Å². The number of methoxy groups -OCH3 is 1. The Balaban J connectivity index is 2.73. The highest BCUT2D eigenvalue weighted by Gasteiger charge is 2.23. The Morgan fingerprint density at radius 2 is 2.00 bits per heavy atom. The first-order valence-corrected chi connectivity index (χ1v) is 7.82. The third kappa shape index (κ3) is 3.16. The second-order valence-corrected chi connectivity index (χ2v) is 5.52. The lowest BCUT2D eigenvalue weighted by atomic mass is 9.98. The van der Waals surface area contributed by atoms with Crippen LogP contribution in [0.2, 0.25) is 0 Å². The van der Waals surface area contributed by atoms with Gasteiger partial charge in [0.25, 0.3) is 5.91 Å². The predicted molar refractivity (Wildman–Crippen MR) is 93.9 cm³/mol. The van der Waals surface area contributed by atoms with Crippen molar-refractivity contribution in [1.82, 2.24) is 4.57 Å². The van der Waals surface area contributed by atoms with Gasteiger partial charge in [0.2, 0.25) is 0 Å². The van der Waals surface area contributed by atoms with Gasteiger partial charge in [-0.25, -0.2) is 0 Å². The fourth-order valence-electron chi connectivity index (χ4n) is 3.04. The second kappa shape index (κ2) is 7.18. The molecule has 0 aliphatic rings. The van der Waals surface area contributed by atoms with Gasteiger partial charge in [0, 0.05) is 23.5 Å². The smallest absolute Gasteiger partial charge is 0.251 e. The number of benzene rings is 1. The predicted octanol–water partition coefficient (Wildman–Crippen LogP) is 3.71. The van der Waals surface area contributed by atoms with Crippen molar-refractivity contribution in [2.24, 2.45) is 5.73 Å². The summed E-state index contributed by atoms with van der Waals surface area (Å²) in [4.78, 5) is 12.1. The van der Waals surface area contributed by atoms with Gasteiger partial charge in [0.1, 0.15) is 5.75 Å². The van der Waals surface area contributed by atoms with Crippen molar-refractivity contribution in [2.45, 2.75) is 33.2 Å². The average Bonchev–Trinajstić information content (AvgIpc) is 2.81. The summed E-state index contributed by atoms with van der Waals surface area (Å²) in [5.74, 6) is 0.391. The van der Waals surface area contributed by atoms with E-state index in [4.69, 9.17) is 10.5 Å². The monoisotopic (exact) mass is 312 g/mol. The molecule has 2 rings (SSSR count). The Morgan fingerprint density at radius 3 is 2.48 bits per heavy atom. The van der Waals surface area contributed by atoms with E-state index in [9.17, 15) is 4.79 Å². The maximum Gasteiger partial charge on any atom is 0.251 e. The van der Waals surface area contributed by atoms with E-state index in [1.807, 2.05) is 37.3 Å². The Labute approximate surface area is 137 Å². The number of aromatic nitrogens is 1. The molecule has 0 unspecified atom stereocenters. The van der Waals surface area contributed by atoms with Crippen molar-refractivity contribution >= 4 is 5.91 Å². The van der Waals surface area contributed by atoms with Crippen molar-refractivity contribution < 1.29 is 9.53 Å². The molecule has 4 nitrogen and oxygen atoms in total. The number of allylic oxidation sites excluding steroid dienone is 1. The van der Waals surface area contributed by atoms with Crippen molar-refractivity contribution in [3.8, 4) is 16.9 Å². The van der Waals surface area contributed by atoms with E-state index in [0.29, 0.717) is 12.1 Å². The standard InChI is InChI=1S/C19H24N2O2/c1-5-7-16-18(14-8-10-15(23-4)11-9-14)17(19(20)22)13(3)21(16)12-6-2/h6,8-11H,2,5,7,12H2,1,3-4H3,(H2,20,22). The summed E-state index contributed by atoms with van der Waals surface area (Å²) in [7, 11) is 1.64. The van der Waals surface area contributed by atoms with Gasteiger partial charge in [-0.15, -0.1) is 6.58 Å². The molecule has 0 spiro atoms. The molecule has 0 bridgehead atoms. The van der Waals surface area contributed by atoms with Crippen LogP contribution in [0.1, 0.15) is 35.1 Å². The molecular formula is C19H24N2O2. The van der Waals surface area contributed by atoms with Crippen LogP contribution < -0.4 is 10.5 Å². The first-order chi connectivity index (χ1) is 11.0. The molecule has 0 fully saturated rings. The molecule has 0 atom stereocenters. The van der Waals surface area contributed by atoms with Crippen molar-refractivity contribution in [3.63, 3.8) is 0 Å². The first kappa shape index (κ1) is 16.9. The van der Waals surface area contributed by atoms with Crippen molar-refractivity contribution in [1.29, 1.82) is 0 Å². The summed E-state index contributed by atoms with van der Waals surface area (Å²) in [6.07, 6.45) is 3.71. The quantitative estimate of drug-likeness (QED) is 0.792. The number of hydrogen-bond donors (Lipinski definition) is 1. The molecule has 1 heterocycles. The maximum atomic E-state index is 12.1. The Morgan fingerprint density at radius 1 is 1.35 bits per heavy atom. The summed E-state index contributed by atoms with van der Waals surface area (Å²) in [6, 6.07) is 7.74. The van der Waals surface area contributed by atoms with Crippen LogP contribution in [0, 0.1) is 6.92 Å². The highest BCUT2D eigenvalue weighted by molar-refractivity contribution is 6.02. The number of primary amides is 1. The fraction of sp³-hybridized carbons (Fsp3) is 0.316. The summed E-state index contributed by atoms with van der Waals surface area (Å²) < 4.78 is 7.35. The van der Waals surface area contributed by atoms with Gasteiger partial charge < -0.3 is 15.0 Å². The third-order valence-electron chi connectivity index (χ3n) is 4.05. The van der Waals surface area contributed by atoms with Gasteiger partial charge in [-0.3, -0.25) is 4.79 Å². The number of hydrogen-bond acceptors (Lipinski definition) is 2. The molecule has 1 aromatic heterocycles. The summed E-state index contributed by atoms with van der Waals surface area (Å²) in [5.41, 5.74) is 10.2. The Kier molecular flexibility index (Phi) is 5.27. The molecule has 0 saturated carbocycles. The van der Waals surface area contributed by atoms with E-state index in [1.54, 1.807) is 7.11 Å². The van der Waals surface area contributed by atoms with Gasteiger partial charge in [0.15, 0.2) is 0 Å². The number of ether oxygens (including phenoxy) is 1. The zero-order valence-electron chi connectivity index (χ0n) is 14.1. The molecule has 122 valence electrons. The SMILES string of the molecule is C=CCn1c(C)c(C(N)=O)c(-c2ccc(OC)cc2)c1CCC. The lowest BCUT2D eigenvalue weighted by molar-refractivity contribution is 0.1000. The summed E-state index contributed by atoms with van der Waals surface area (Å²) >= 11 is 0. The van der Waals surface area contributed by atoms with Gasteiger partial charge in [0.05, 0.1) is 12.7 Å². The first-order valence-electron chi connectivity index (χ1n) is 7.82. The molecule has 2 N–H and O–H groups in total. The zero-order chi connectivity index (χ0) is 17.0. The topological polar surface area (TPSA) is 57.2 Å². The van der Waals surface area contributed by atoms with Gasteiger partial charge in [-0.2, -0.15) is 0 Å². The molecule has 0 radical (unpaired) electrons. The number of carbonyl (C=O) groups is 1. The second-order valence-electron chi connectivity index (χ2n) is 5.52. The minimum atomic E-state index is -0.395. The summed E-state index contributed by atoms with van der Waals surface area (Å²) in [5, 5.41) is 0. The van der Waals surface area contributed by atoms with Crippen LogP contribution in [0.25, 0.3) is 11.1 Å². The molecular weight excluding hydrogens is 288 g/mol. The normalized spacial score (nSPS) is 10.6. The number of amides is 1. The maximum absolute atomic E-state index is 12.1. The van der Waals surface area contributed by atoms with E-state index in [-0.39, 0.29) is 0 Å². The van der Waals surface area contributed by atoms with Crippen LogP contribution in [0.3, 0.4) is 0 Å². The molecule has 0 aliphatic carbocycles. The molecule has 0 saturated heterocycles. The molecule has 1 amide bonds. The third-order valence-corrected chi connectivity index (χ3v) is 4.05. The van der Waals surface area contributed by atoms with E-state index in [2.05, 4.69) is 18.1 Å². The molecule has 2 aromatic rings. The van der Waals surface area contributed by atoms with Gasteiger partial charge in [-0.05, 0) is 31.0 Å². The highest BCUT2D eigenvalue weighted by atomic mass is 16.5. The van der Waals surface area contributed by atoms with Crippen LogP contribution in [0.4, 0.5) is 0 Å². The highest BCUT2D eigenvalue weighted by Crippen LogP contribution is 2.34. The minimum Gasteiger partial charge on any atom is -0.497 e. The number of rotatable bonds is 7. The lowest BCUT2D eigenvalue weighted by Crippen LogP contribution is -2.13. The zero-order valence-corrected chi connectivity index (χ0v) is 14.1. The van der Waals surface area contributed by atoms with Crippen LogP contribution in [-0.2, 0) is 13.0 Å². The number of nitrogens with zero attached hydrogens (tertiary/aromatic N) is 1. The molecule has 0 aliphatic heterocycles. The van der Waals surface area contributed by atoms with E-state index < -0.39 is 5.91 Å². The molecule has 4 heteroatoms. The van der Waals surface area contributed by atoms with Crippen molar-refractivity contribution in [2.75, 3.05) is 7.11 Å². The molecule has 23 heavy (non-hydrogen) atoms. The van der Waals surface area contributed by atoms with Crippen LogP contribution in [0.15, 0.2) is 36.9 Å². The average molecular weight is 312 g/mol. The lowest BCUT2D eigenvalue weighted by Gasteiger charge is -2.11. The number of carbonyl (C=O) groups excluding carboxylic acids is 1. The van der Waals surface area contributed by atoms with Gasteiger partial charge in [-0.1, -0.05) is 31.6 Å². The minimum absolute atomic E-state index is 0.395. The van der Waals surface area contributed by atoms with Crippen LogP contribution in [-0.4, -0.2) is 17.6 Å². The van der Waals surface area contributed by atoms with Gasteiger partial charge >= 0.3 is 0 Å². The number of nitrogens with two attached hydrogens (primary N) is 1. The van der Waals surface area contributed by atoms with Crippen LogP contribution in [0.5, 0.6) is 5.75 Å². The fourth-order valence-corrected chi connectivity index (χ4v) is 3.04. The van der Waals surface area contributed by atoms with E-state index in [0.717, 1.165) is 41.1 Å². The molecule has 1 aromatic carbocycles. The largest absolute Gasteiger partial charge is 0.497 e. The Hall–Kier alpha value is -2.49.